The van der Waals surface area contributed by atoms with Crippen molar-refractivity contribution < 1.29 is 9.59 Å². The molecule has 1 atom stereocenters. The smallest absolute Gasteiger partial charge is 0.229 e. The number of hydrogen-bond donors (Lipinski definition) is 2. The number of carbonyl (C=O) groups excluding carboxylic acids is 2. The number of hydrogen-bond acceptors (Lipinski definition) is 2. The second kappa shape index (κ2) is 8.70. The Labute approximate surface area is 175 Å². The minimum Gasteiger partial charge on any atom is -0.361 e. The van der Waals surface area contributed by atoms with E-state index in [0.717, 1.165) is 36.2 Å². The fourth-order valence-electron chi connectivity index (χ4n) is 3.93. The molecule has 2 heterocycles. The summed E-state index contributed by atoms with van der Waals surface area (Å²) >= 11 is 5.89. The monoisotopic (exact) mass is 409 g/mol. The van der Waals surface area contributed by atoms with Gasteiger partial charge in [0.15, 0.2) is 0 Å². The summed E-state index contributed by atoms with van der Waals surface area (Å²) in [5, 5.41) is 4.73. The third kappa shape index (κ3) is 4.62. The quantitative estimate of drug-likeness (QED) is 0.645. The second-order valence-electron chi connectivity index (χ2n) is 7.53. The molecule has 1 aromatic heterocycles. The molecule has 1 aliphatic rings. The molecule has 0 spiro atoms. The fraction of sp³-hybridized carbons (Fsp3) is 0.304. The number of amides is 2. The van der Waals surface area contributed by atoms with Crippen molar-refractivity contribution in [2.45, 2.75) is 25.7 Å². The number of carbonyl (C=O) groups is 2. The Morgan fingerprint density at radius 2 is 1.93 bits per heavy atom. The number of nitrogens with zero attached hydrogens (tertiary/aromatic N) is 1. The number of rotatable bonds is 5. The lowest BCUT2D eigenvalue weighted by atomic mass is 9.96. The van der Waals surface area contributed by atoms with Gasteiger partial charge in [0.25, 0.3) is 0 Å². The number of aromatic nitrogens is 1. The van der Waals surface area contributed by atoms with Gasteiger partial charge >= 0.3 is 0 Å². The lowest BCUT2D eigenvalue weighted by molar-refractivity contribution is -0.134. The predicted octanol–water partition coefficient (Wildman–Crippen LogP) is 4.63. The van der Waals surface area contributed by atoms with Gasteiger partial charge in [-0.05, 0) is 55.2 Å². The normalized spacial score (nSPS) is 16.7. The number of halogens is 1. The van der Waals surface area contributed by atoms with Gasteiger partial charge in [0.1, 0.15) is 0 Å². The SMILES string of the molecule is O=C(Nc1ccc(Cl)cc1)[C@@H]1CCCN(C(=O)CCc2c[nH]c3ccccc23)C1. The van der Waals surface area contributed by atoms with Gasteiger partial charge in [-0.2, -0.15) is 0 Å². The van der Waals surface area contributed by atoms with Crippen LogP contribution in [-0.2, 0) is 16.0 Å². The van der Waals surface area contributed by atoms with Crippen LogP contribution in [0.3, 0.4) is 0 Å². The summed E-state index contributed by atoms with van der Waals surface area (Å²) in [5.41, 5.74) is 2.97. The van der Waals surface area contributed by atoms with Crippen LogP contribution in [0.15, 0.2) is 54.7 Å². The number of piperidine rings is 1. The Hall–Kier alpha value is -2.79. The van der Waals surface area contributed by atoms with E-state index in [9.17, 15) is 9.59 Å². The maximum atomic E-state index is 12.8. The number of nitrogens with one attached hydrogen (secondary N) is 2. The lowest BCUT2D eigenvalue weighted by Gasteiger charge is -2.32. The van der Waals surface area contributed by atoms with Gasteiger partial charge in [-0.3, -0.25) is 9.59 Å². The number of likely N-dealkylation sites (tertiary alicyclic amines) is 1. The molecule has 2 aromatic carbocycles. The van der Waals surface area contributed by atoms with Crippen molar-refractivity contribution in [3.05, 3.63) is 65.3 Å². The Balaban J connectivity index is 1.33. The maximum absolute atomic E-state index is 12.8. The minimum absolute atomic E-state index is 0.0403. The summed E-state index contributed by atoms with van der Waals surface area (Å²) in [5.74, 6) is -0.114. The number of aromatic amines is 1. The van der Waals surface area contributed by atoms with Crippen molar-refractivity contribution in [2.24, 2.45) is 5.92 Å². The standard InChI is InChI=1S/C23H24ClN3O2/c24-18-8-10-19(11-9-18)26-23(29)17-4-3-13-27(15-17)22(28)12-7-16-14-25-21-6-2-1-5-20(16)21/h1-2,5-6,8-11,14,17,25H,3-4,7,12-13,15H2,(H,26,29)/t17-/m1/s1. The summed E-state index contributed by atoms with van der Waals surface area (Å²) in [6, 6.07) is 15.2. The molecule has 5 nitrogen and oxygen atoms in total. The first-order chi connectivity index (χ1) is 14.1. The zero-order valence-corrected chi connectivity index (χ0v) is 16.9. The molecule has 0 bridgehead atoms. The van der Waals surface area contributed by atoms with Crippen molar-refractivity contribution in [2.75, 3.05) is 18.4 Å². The van der Waals surface area contributed by atoms with E-state index >= 15 is 0 Å². The van der Waals surface area contributed by atoms with Gasteiger partial charge in [-0.15, -0.1) is 0 Å². The predicted molar refractivity (Wildman–Crippen MR) is 116 cm³/mol. The van der Waals surface area contributed by atoms with Crippen LogP contribution in [0.25, 0.3) is 10.9 Å². The topological polar surface area (TPSA) is 65.2 Å². The zero-order valence-electron chi connectivity index (χ0n) is 16.2. The molecule has 1 fully saturated rings. The summed E-state index contributed by atoms with van der Waals surface area (Å²) in [4.78, 5) is 30.5. The molecular weight excluding hydrogens is 386 g/mol. The second-order valence-corrected chi connectivity index (χ2v) is 7.97. The Morgan fingerprint density at radius 3 is 2.76 bits per heavy atom. The van der Waals surface area contributed by atoms with Crippen molar-refractivity contribution in [1.29, 1.82) is 0 Å². The van der Waals surface area contributed by atoms with Crippen molar-refractivity contribution in [1.82, 2.24) is 9.88 Å². The molecule has 1 aliphatic heterocycles. The number of H-pyrrole nitrogens is 1. The number of aryl methyl sites for hydroxylation is 1. The van der Waals surface area contributed by atoms with E-state index in [4.69, 9.17) is 11.6 Å². The molecule has 0 aliphatic carbocycles. The number of anilines is 1. The van der Waals surface area contributed by atoms with Gasteiger partial charge in [-0.25, -0.2) is 0 Å². The van der Waals surface area contributed by atoms with Crippen LogP contribution in [0.2, 0.25) is 5.02 Å². The van der Waals surface area contributed by atoms with Crippen molar-refractivity contribution >= 4 is 40.0 Å². The van der Waals surface area contributed by atoms with E-state index in [2.05, 4.69) is 16.4 Å². The maximum Gasteiger partial charge on any atom is 0.229 e. The van der Waals surface area contributed by atoms with Crippen LogP contribution >= 0.6 is 11.6 Å². The Bertz CT molecular complexity index is 1010. The summed E-state index contributed by atoms with van der Waals surface area (Å²) in [7, 11) is 0. The van der Waals surface area contributed by atoms with Gasteiger partial charge in [0.05, 0.1) is 5.92 Å². The minimum atomic E-state index is -0.184. The molecule has 150 valence electrons. The van der Waals surface area contributed by atoms with Crippen molar-refractivity contribution in [3.8, 4) is 0 Å². The Kier molecular flexibility index (Phi) is 5.86. The average molecular weight is 410 g/mol. The number of para-hydroxylation sites is 1. The van der Waals surface area contributed by atoms with E-state index in [1.165, 1.54) is 5.39 Å². The number of benzene rings is 2. The molecule has 29 heavy (non-hydrogen) atoms. The van der Waals surface area contributed by atoms with Crippen LogP contribution in [0.1, 0.15) is 24.8 Å². The van der Waals surface area contributed by atoms with Crippen LogP contribution in [0, 0.1) is 5.92 Å². The molecule has 0 radical (unpaired) electrons. The first-order valence-corrected chi connectivity index (χ1v) is 10.4. The first kappa shape index (κ1) is 19.5. The molecular formula is C23H24ClN3O2. The van der Waals surface area contributed by atoms with Crippen LogP contribution in [0.5, 0.6) is 0 Å². The molecule has 4 rings (SSSR count). The zero-order chi connectivity index (χ0) is 20.2. The van der Waals surface area contributed by atoms with E-state index in [0.29, 0.717) is 24.4 Å². The summed E-state index contributed by atoms with van der Waals surface area (Å²) < 4.78 is 0. The lowest BCUT2D eigenvalue weighted by Crippen LogP contribution is -2.43. The van der Waals surface area contributed by atoms with Crippen LogP contribution in [-0.4, -0.2) is 34.8 Å². The largest absolute Gasteiger partial charge is 0.361 e. The summed E-state index contributed by atoms with van der Waals surface area (Å²) in [6.07, 6.45) is 4.77. The van der Waals surface area contributed by atoms with E-state index < -0.39 is 0 Å². The van der Waals surface area contributed by atoms with E-state index in [1.807, 2.05) is 29.3 Å². The van der Waals surface area contributed by atoms with Crippen LogP contribution in [0.4, 0.5) is 5.69 Å². The van der Waals surface area contributed by atoms with Gasteiger partial charge in [0, 0.05) is 47.3 Å². The van der Waals surface area contributed by atoms with E-state index in [-0.39, 0.29) is 17.7 Å². The first-order valence-electron chi connectivity index (χ1n) is 9.99. The third-order valence-electron chi connectivity index (χ3n) is 5.54. The highest BCUT2D eigenvalue weighted by atomic mass is 35.5. The molecule has 6 heteroatoms. The molecule has 0 unspecified atom stereocenters. The van der Waals surface area contributed by atoms with Crippen LogP contribution < -0.4 is 5.32 Å². The molecule has 2 amide bonds. The molecule has 0 saturated carbocycles. The van der Waals surface area contributed by atoms with Gasteiger partial charge in [-0.1, -0.05) is 29.8 Å². The number of fused-ring (bicyclic) bond motifs is 1. The van der Waals surface area contributed by atoms with Crippen molar-refractivity contribution in [3.63, 3.8) is 0 Å². The van der Waals surface area contributed by atoms with E-state index in [1.54, 1.807) is 24.3 Å². The third-order valence-corrected chi connectivity index (χ3v) is 5.79. The molecule has 2 N–H and O–H groups in total. The highest BCUT2D eigenvalue weighted by Crippen LogP contribution is 2.22. The summed E-state index contributed by atoms with van der Waals surface area (Å²) in [6.45, 7) is 1.20. The molecule has 1 saturated heterocycles. The van der Waals surface area contributed by atoms with Gasteiger partial charge in [0.2, 0.25) is 11.8 Å². The van der Waals surface area contributed by atoms with Gasteiger partial charge < -0.3 is 15.2 Å². The average Bonchev–Trinajstić information content (AvgIpc) is 3.17. The fourth-order valence-corrected chi connectivity index (χ4v) is 4.06. The Morgan fingerprint density at radius 1 is 1.14 bits per heavy atom. The molecule has 3 aromatic rings. The highest BCUT2D eigenvalue weighted by molar-refractivity contribution is 6.30. The highest BCUT2D eigenvalue weighted by Gasteiger charge is 2.28.